The van der Waals surface area contributed by atoms with Crippen molar-refractivity contribution in [3.05, 3.63) is 71.4 Å². The predicted octanol–water partition coefficient (Wildman–Crippen LogP) is 1.86. The van der Waals surface area contributed by atoms with Crippen molar-refractivity contribution in [3.63, 3.8) is 0 Å². The van der Waals surface area contributed by atoms with Gasteiger partial charge in [-0.2, -0.15) is 0 Å². The van der Waals surface area contributed by atoms with Crippen LogP contribution in [0.1, 0.15) is 30.8 Å². The molecule has 1 heterocycles. The summed E-state index contributed by atoms with van der Waals surface area (Å²) >= 11 is 6.26. The van der Waals surface area contributed by atoms with E-state index in [1.54, 1.807) is 18.2 Å². The summed E-state index contributed by atoms with van der Waals surface area (Å²) in [6.45, 7) is 4.87. The van der Waals surface area contributed by atoms with Gasteiger partial charge in [-0.25, -0.2) is 4.98 Å². The van der Waals surface area contributed by atoms with Crippen LogP contribution in [0.25, 0.3) is 22.4 Å². The molecule has 3 rings (SSSR count). The number of aromatic carboxylic acids is 1. The second-order valence-corrected chi connectivity index (χ2v) is 7.14. The zero-order valence-corrected chi connectivity index (χ0v) is 19.6. The maximum absolute atomic E-state index is 11.2. The minimum absolute atomic E-state index is 0. The zero-order chi connectivity index (χ0) is 20.1. The van der Waals surface area contributed by atoms with Crippen LogP contribution >= 0.6 is 11.6 Å². The number of carbonyl (C=O) groups excluding carboxylic acids is 1. The van der Waals surface area contributed by atoms with Crippen molar-refractivity contribution in [2.45, 2.75) is 20.3 Å². The summed E-state index contributed by atoms with van der Waals surface area (Å²) in [5.74, 6) is -0.145. The fraction of sp³-hybridized carbons (Fsp3) is 0.217. The Balaban J connectivity index is 0.00000300. The SMILES string of the molecule is CCC(C)COc1ccc(Cl)cc1-c1ccccc1-c1cccc(C(=O)[O-])n1.[Na+]. The number of halogens is 1. The summed E-state index contributed by atoms with van der Waals surface area (Å²) in [6.07, 6.45) is 1.03. The molecule has 6 heteroatoms. The largest absolute Gasteiger partial charge is 1.00 e. The summed E-state index contributed by atoms with van der Waals surface area (Å²) in [7, 11) is 0. The molecule has 29 heavy (non-hydrogen) atoms. The molecular weight excluding hydrogens is 397 g/mol. The number of carboxylic acids is 1. The van der Waals surface area contributed by atoms with Gasteiger partial charge in [-0.15, -0.1) is 0 Å². The molecule has 0 amide bonds. The van der Waals surface area contributed by atoms with Crippen LogP contribution in [0.5, 0.6) is 5.75 Å². The molecule has 0 N–H and O–H groups in total. The molecule has 0 aliphatic heterocycles. The van der Waals surface area contributed by atoms with Crippen molar-refractivity contribution < 1.29 is 44.2 Å². The molecule has 0 saturated heterocycles. The van der Waals surface area contributed by atoms with Crippen molar-refractivity contribution >= 4 is 17.6 Å². The minimum Gasteiger partial charge on any atom is -0.543 e. The number of hydrogen-bond acceptors (Lipinski definition) is 4. The van der Waals surface area contributed by atoms with Crippen molar-refractivity contribution in [2.24, 2.45) is 5.92 Å². The van der Waals surface area contributed by atoms with Crippen LogP contribution in [0.2, 0.25) is 5.02 Å². The monoisotopic (exact) mass is 417 g/mol. The smallest absolute Gasteiger partial charge is 0.543 e. The van der Waals surface area contributed by atoms with E-state index in [0.29, 0.717) is 23.2 Å². The molecular formula is C23H21ClNNaO3. The Kier molecular flexibility index (Phi) is 8.72. The van der Waals surface area contributed by atoms with E-state index in [1.807, 2.05) is 36.4 Å². The van der Waals surface area contributed by atoms with Gasteiger partial charge < -0.3 is 14.6 Å². The molecule has 3 aromatic rings. The van der Waals surface area contributed by atoms with E-state index < -0.39 is 5.97 Å². The van der Waals surface area contributed by atoms with Gasteiger partial charge in [0.15, 0.2) is 0 Å². The quantitative estimate of drug-likeness (QED) is 0.550. The Labute approximate surface area is 198 Å². The first-order valence-electron chi connectivity index (χ1n) is 9.20. The van der Waals surface area contributed by atoms with Crippen LogP contribution < -0.4 is 39.4 Å². The molecule has 1 aromatic heterocycles. The van der Waals surface area contributed by atoms with Crippen LogP contribution in [0.15, 0.2) is 60.7 Å². The summed E-state index contributed by atoms with van der Waals surface area (Å²) in [4.78, 5) is 15.4. The Morgan fingerprint density at radius 2 is 1.79 bits per heavy atom. The molecule has 0 fully saturated rings. The number of rotatable bonds is 7. The summed E-state index contributed by atoms with van der Waals surface area (Å²) in [5.41, 5.74) is 2.94. The van der Waals surface area contributed by atoms with Crippen molar-refractivity contribution in [1.29, 1.82) is 0 Å². The first-order valence-corrected chi connectivity index (χ1v) is 9.58. The number of carboxylic acid groups (broad SMARTS) is 1. The van der Waals surface area contributed by atoms with Crippen LogP contribution in [0.3, 0.4) is 0 Å². The van der Waals surface area contributed by atoms with Crippen molar-refractivity contribution in [2.75, 3.05) is 6.61 Å². The first kappa shape index (κ1) is 23.4. The summed E-state index contributed by atoms with van der Waals surface area (Å²) in [5, 5.41) is 11.8. The summed E-state index contributed by atoms with van der Waals surface area (Å²) in [6, 6.07) is 18.0. The number of ether oxygens (including phenoxy) is 1. The third-order valence-corrected chi connectivity index (χ3v) is 4.85. The van der Waals surface area contributed by atoms with Crippen LogP contribution in [0, 0.1) is 5.92 Å². The molecule has 0 spiro atoms. The normalized spacial score (nSPS) is 11.4. The van der Waals surface area contributed by atoms with Gasteiger partial charge in [0.05, 0.1) is 24.0 Å². The second-order valence-electron chi connectivity index (χ2n) is 6.71. The fourth-order valence-corrected chi connectivity index (χ4v) is 3.00. The number of nitrogens with zero attached hydrogens (tertiary/aromatic N) is 1. The van der Waals surface area contributed by atoms with Crippen LogP contribution in [0.4, 0.5) is 0 Å². The van der Waals surface area contributed by atoms with Gasteiger partial charge in [0.1, 0.15) is 5.75 Å². The van der Waals surface area contributed by atoms with Gasteiger partial charge in [-0.1, -0.05) is 62.2 Å². The zero-order valence-electron chi connectivity index (χ0n) is 16.8. The molecule has 0 radical (unpaired) electrons. The minimum atomic E-state index is -1.31. The third kappa shape index (κ3) is 5.83. The Morgan fingerprint density at radius 3 is 2.48 bits per heavy atom. The molecule has 0 aliphatic rings. The van der Waals surface area contributed by atoms with Gasteiger partial charge >= 0.3 is 29.6 Å². The van der Waals surface area contributed by atoms with Gasteiger partial charge in [0, 0.05) is 16.1 Å². The molecule has 4 nitrogen and oxygen atoms in total. The van der Waals surface area contributed by atoms with E-state index in [9.17, 15) is 9.90 Å². The standard InChI is InChI=1S/C23H22ClNO3.Na/c1-3-15(2)14-28-22-12-11-16(24)13-19(22)17-7-4-5-8-18(17)20-9-6-10-21(25-20)23(26)27;/h4-13,15H,3,14H2,1-2H3,(H,26,27);/q;+1/p-1. The fourth-order valence-electron chi connectivity index (χ4n) is 2.83. The number of aromatic nitrogens is 1. The van der Waals surface area contributed by atoms with Crippen molar-refractivity contribution in [1.82, 2.24) is 4.98 Å². The second kappa shape index (κ2) is 10.8. The van der Waals surface area contributed by atoms with Crippen LogP contribution in [-0.2, 0) is 0 Å². The maximum atomic E-state index is 11.2. The average molecular weight is 418 g/mol. The number of hydrogen-bond donors (Lipinski definition) is 0. The van der Waals surface area contributed by atoms with Gasteiger partial charge in [0.25, 0.3) is 0 Å². The topological polar surface area (TPSA) is 62.2 Å². The average Bonchev–Trinajstić information content (AvgIpc) is 2.72. The van der Waals surface area contributed by atoms with E-state index in [4.69, 9.17) is 16.3 Å². The Bertz CT molecular complexity index is 993. The molecule has 0 aliphatic carbocycles. The van der Waals surface area contributed by atoms with Crippen molar-refractivity contribution in [3.8, 4) is 28.1 Å². The number of pyridine rings is 1. The number of carbonyl (C=O) groups is 1. The maximum Gasteiger partial charge on any atom is 1.00 e. The summed E-state index contributed by atoms with van der Waals surface area (Å²) < 4.78 is 6.07. The van der Waals surface area contributed by atoms with E-state index in [2.05, 4.69) is 18.8 Å². The molecule has 1 unspecified atom stereocenters. The van der Waals surface area contributed by atoms with Gasteiger partial charge in [0.2, 0.25) is 0 Å². The van der Waals surface area contributed by atoms with Crippen LogP contribution in [-0.4, -0.2) is 17.6 Å². The van der Waals surface area contributed by atoms with Gasteiger partial charge in [-0.3, -0.25) is 0 Å². The Morgan fingerprint density at radius 1 is 1.07 bits per heavy atom. The predicted molar refractivity (Wildman–Crippen MR) is 109 cm³/mol. The van der Waals surface area contributed by atoms with E-state index in [1.165, 1.54) is 6.07 Å². The molecule has 0 saturated carbocycles. The number of benzene rings is 2. The van der Waals surface area contributed by atoms with Gasteiger partial charge in [-0.05, 0) is 41.8 Å². The van der Waals surface area contributed by atoms with E-state index in [-0.39, 0.29) is 35.3 Å². The van der Waals surface area contributed by atoms with E-state index >= 15 is 0 Å². The molecule has 2 aromatic carbocycles. The molecule has 144 valence electrons. The molecule has 1 atom stereocenters. The third-order valence-electron chi connectivity index (χ3n) is 4.61. The van der Waals surface area contributed by atoms with E-state index in [0.717, 1.165) is 28.9 Å². The Hall–Kier alpha value is -1.85. The molecule has 0 bridgehead atoms. The first-order chi connectivity index (χ1) is 13.5.